The number of Topliss-reactive ketones (excluding diaryl/α,β-unsaturated/α-hetero) is 2. The highest BCUT2D eigenvalue weighted by atomic mass is 16.5. The summed E-state index contributed by atoms with van der Waals surface area (Å²) in [6.07, 6.45) is 5.87. The molecule has 4 aromatic carbocycles. The van der Waals surface area contributed by atoms with Crippen molar-refractivity contribution in [3.05, 3.63) is 131 Å². The number of ether oxygens (including phenoxy) is 1. The molecule has 0 aliphatic heterocycles. The molecule has 0 aromatic heterocycles. The number of ketones is 2. The quantitative estimate of drug-likeness (QED) is 0.150. The van der Waals surface area contributed by atoms with E-state index in [4.69, 9.17) is 9.84 Å². The Balaban J connectivity index is 1.34. The first-order chi connectivity index (χ1) is 21.9. The number of hydrogen-bond acceptors (Lipinski definition) is 5. The minimum atomic E-state index is -1.000. The molecule has 1 atom stereocenters. The Morgan fingerprint density at radius 2 is 1.31 bits per heavy atom. The molecule has 1 saturated carbocycles. The van der Waals surface area contributed by atoms with E-state index in [0.29, 0.717) is 34.1 Å². The molecule has 0 heterocycles. The standard InChI is InChI=1S/C38H37NO6/c40-35(29-19-21-33(22-20-29)45-32-9-5-2-6-10-32)25-34(28-13-11-27(12-14-28)26-7-3-1-4-8-26)37(43)30-15-17-31(18-16-30)38(44)39-24-23-36(41)42/h2,5-6,9-22,26,34H,1,3-4,7-8,23-25H2,(H,39,44)(H,41,42). The SMILES string of the molecule is O=C(O)CCNC(=O)c1ccc(C(=O)C(CC(=O)c2ccc(Oc3ccccc3)cc2)c2ccc(C3CCCCC3)cc2)cc1. The largest absolute Gasteiger partial charge is 0.481 e. The molecule has 1 unspecified atom stereocenters. The number of carbonyl (C=O) groups is 4. The number of carbonyl (C=O) groups excluding carboxylic acids is 3. The van der Waals surface area contributed by atoms with Gasteiger partial charge in [0.2, 0.25) is 0 Å². The van der Waals surface area contributed by atoms with E-state index in [1.165, 1.54) is 37.7 Å². The van der Waals surface area contributed by atoms with E-state index in [1.807, 2.05) is 42.5 Å². The zero-order chi connectivity index (χ0) is 31.6. The summed E-state index contributed by atoms with van der Waals surface area (Å²) in [4.78, 5) is 50.7. The lowest BCUT2D eigenvalue weighted by atomic mass is 9.81. The van der Waals surface area contributed by atoms with Gasteiger partial charge in [0.1, 0.15) is 11.5 Å². The molecule has 1 aliphatic rings. The summed E-state index contributed by atoms with van der Waals surface area (Å²) in [6, 6.07) is 30.7. The van der Waals surface area contributed by atoms with Gasteiger partial charge in [0.25, 0.3) is 5.91 Å². The molecule has 0 bridgehead atoms. The first kappa shape index (κ1) is 31.4. The molecule has 5 rings (SSSR count). The molecule has 0 radical (unpaired) electrons. The van der Waals surface area contributed by atoms with Crippen molar-refractivity contribution in [3.63, 3.8) is 0 Å². The van der Waals surface area contributed by atoms with E-state index in [1.54, 1.807) is 48.5 Å². The topological polar surface area (TPSA) is 110 Å². The van der Waals surface area contributed by atoms with Crippen LogP contribution in [-0.2, 0) is 4.79 Å². The predicted octanol–water partition coefficient (Wildman–Crippen LogP) is 7.97. The number of aliphatic carboxylic acids is 1. The van der Waals surface area contributed by atoms with E-state index >= 15 is 0 Å². The van der Waals surface area contributed by atoms with Crippen LogP contribution >= 0.6 is 0 Å². The average Bonchev–Trinajstić information content (AvgIpc) is 3.08. The summed E-state index contributed by atoms with van der Waals surface area (Å²) < 4.78 is 5.86. The molecular weight excluding hydrogens is 566 g/mol. The van der Waals surface area contributed by atoms with Crippen LogP contribution in [0.4, 0.5) is 0 Å². The van der Waals surface area contributed by atoms with Gasteiger partial charge in [-0.05, 0) is 78.4 Å². The second kappa shape index (κ2) is 15.1. The van der Waals surface area contributed by atoms with Gasteiger partial charge in [0.05, 0.1) is 12.3 Å². The van der Waals surface area contributed by atoms with Crippen molar-refractivity contribution >= 4 is 23.4 Å². The van der Waals surface area contributed by atoms with Crippen LogP contribution in [0.25, 0.3) is 0 Å². The number of hydrogen-bond donors (Lipinski definition) is 2. The summed E-state index contributed by atoms with van der Waals surface area (Å²) in [5.74, 6) is -0.678. The first-order valence-corrected chi connectivity index (χ1v) is 15.5. The van der Waals surface area contributed by atoms with Crippen LogP contribution in [0.1, 0.15) is 99.0 Å². The van der Waals surface area contributed by atoms with Gasteiger partial charge < -0.3 is 15.2 Å². The molecule has 4 aromatic rings. The van der Waals surface area contributed by atoms with Crippen molar-refractivity contribution in [1.82, 2.24) is 5.32 Å². The van der Waals surface area contributed by atoms with Gasteiger partial charge in [-0.2, -0.15) is 0 Å². The van der Waals surface area contributed by atoms with Crippen molar-refractivity contribution in [1.29, 1.82) is 0 Å². The molecule has 2 N–H and O–H groups in total. The third kappa shape index (κ3) is 8.54. The minimum absolute atomic E-state index is 0.00917. The fraction of sp³-hybridized carbons (Fsp3) is 0.263. The van der Waals surface area contributed by atoms with Gasteiger partial charge in [-0.25, -0.2) is 0 Å². The molecule has 0 spiro atoms. The van der Waals surface area contributed by atoms with Gasteiger partial charge in [-0.15, -0.1) is 0 Å². The summed E-state index contributed by atoms with van der Waals surface area (Å²) in [5.41, 5.74) is 3.23. The van der Waals surface area contributed by atoms with Crippen LogP contribution in [0, 0.1) is 0 Å². The minimum Gasteiger partial charge on any atom is -0.481 e. The zero-order valence-electron chi connectivity index (χ0n) is 25.1. The predicted molar refractivity (Wildman–Crippen MR) is 172 cm³/mol. The zero-order valence-corrected chi connectivity index (χ0v) is 25.1. The normalized spacial score (nSPS) is 13.9. The summed E-state index contributed by atoms with van der Waals surface area (Å²) in [7, 11) is 0. The Hall–Kier alpha value is -5.04. The maximum atomic E-state index is 13.9. The summed E-state index contributed by atoms with van der Waals surface area (Å²) in [6.45, 7) is 0.00917. The number of carboxylic acids is 1. The van der Waals surface area contributed by atoms with E-state index in [0.717, 1.165) is 5.56 Å². The number of rotatable bonds is 13. The molecule has 7 nitrogen and oxygen atoms in total. The van der Waals surface area contributed by atoms with E-state index < -0.39 is 17.8 Å². The van der Waals surface area contributed by atoms with Crippen LogP contribution in [0.3, 0.4) is 0 Å². The lowest BCUT2D eigenvalue weighted by molar-refractivity contribution is -0.136. The van der Waals surface area contributed by atoms with Crippen LogP contribution in [0.5, 0.6) is 11.5 Å². The Morgan fingerprint density at radius 1 is 0.711 bits per heavy atom. The van der Waals surface area contributed by atoms with E-state index in [2.05, 4.69) is 17.4 Å². The Kier molecular flexibility index (Phi) is 10.5. The van der Waals surface area contributed by atoms with Crippen molar-refractivity contribution in [2.75, 3.05) is 6.54 Å². The Labute approximate surface area is 263 Å². The summed E-state index contributed by atoms with van der Waals surface area (Å²) in [5, 5.41) is 11.4. The Morgan fingerprint density at radius 3 is 1.96 bits per heavy atom. The van der Waals surface area contributed by atoms with Crippen molar-refractivity contribution in [2.45, 2.75) is 56.8 Å². The van der Waals surface area contributed by atoms with Gasteiger partial charge in [-0.1, -0.05) is 73.9 Å². The van der Waals surface area contributed by atoms with Crippen LogP contribution < -0.4 is 10.1 Å². The van der Waals surface area contributed by atoms with Crippen molar-refractivity contribution in [3.8, 4) is 11.5 Å². The molecule has 1 fully saturated rings. The highest BCUT2D eigenvalue weighted by molar-refractivity contribution is 6.06. The lowest BCUT2D eigenvalue weighted by Crippen LogP contribution is -2.26. The van der Waals surface area contributed by atoms with Crippen LogP contribution in [-0.4, -0.2) is 35.1 Å². The third-order valence-corrected chi connectivity index (χ3v) is 8.33. The molecular formula is C38H37NO6. The molecule has 230 valence electrons. The van der Waals surface area contributed by atoms with Crippen LogP contribution in [0.15, 0.2) is 103 Å². The Bertz CT molecular complexity index is 1610. The third-order valence-electron chi connectivity index (χ3n) is 8.33. The van der Waals surface area contributed by atoms with Crippen molar-refractivity contribution < 1.29 is 29.0 Å². The van der Waals surface area contributed by atoms with Gasteiger partial charge >= 0.3 is 5.97 Å². The van der Waals surface area contributed by atoms with Gasteiger partial charge in [0.15, 0.2) is 11.6 Å². The lowest BCUT2D eigenvalue weighted by Gasteiger charge is -2.23. The monoisotopic (exact) mass is 603 g/mol. The number of carboxylic acid groups (broad SMARTS) is 1. The highest BCUT2D eigenvalue weighted by Crippen LogP contribution is 2.34. The second-order valence-electron chi connectivity index (χ2n) is 11.5. The number of nitrogens with one attached hydrogen (secondary N) is 1. The van der Waals surface area contributed by atoms with Gasteiger partial charge in [-0.3, -0.25) is 19.2 Å². The van der Waals surface area contributed by atoms with Crippen molar-refractivity contribution in [2.24, 2.45) is 0 Å². The fourth-order valence-electron chi connectivity index (χ4n) is 5.81. The molecule has 1 aliphatic carbocycles. The highest BCUT2D eigenvalue weighted by Gasteiger charge is 2.27. The maximum Gasteiger partial charge on any atom is 0.305 e. The summed E-state index contributed by atoms with van der Waals surface area (Å²) >= 11 is 0. The number of benzene rings is 4. The van der Waals surface area contributed by atoms with Gasteiger partial charge in [0, 0.05) is 29.7 Å². The van der Waals surface area contributed by atoms with E-state index in [-0.39, 0.29) is 31.0 Å². The van der Waals surface area contributed by atoms with Crippen LogP contribution in [0.2, 0.25) is 0 Å². The van der Waals surface area contributed by atoms with E-state index in [9.17, 15) is 19.2 Å². The maximum absolute atomic E-state index is 13.9. The number of amides is 1. The second-order valence-corrected chi connectivity index (χ2v) is 11.5. The smallest absolute Gasteiger partial charge is 0.305 e. The number of para-hydroxylation sites is 1. The molecule has 0 saturated heterocycles. The average molecular weight is 604 g/mol. The molecule has 1 amide bonds. The molecule has 7 heteroatoms. The fourth-order valence-corrected chi connectivity index (χ4v) is 5.81. The first-order valence-electron chi connectivity index (χ1n) is 15.5. The molecule has 45 heavy (non-hydrogen) atoms.